The van der Waals surface area contributed by atoms with E-state index in [4.69, 9.17) is 51.1 Å². The van der Waals surface area contributed by atoms with E-state index >= 15 is 0 Å². The summed E-state index contributed by atoms with van der Waals surface area (Å²) >= 11 is 27.2. The summed E-state index contributed by atoms with van der Waals surface area (Å²) < 4.78 is 48.7. The molecule has 0 aliphatic rings. The first-order valence-corrected chi connectivity index (χ1v) is 9.80. The van der Waals surface area contributed by atoms with Crippen molar-refractivity contribution in [3.05, 3.63) is 55.5 Å². The fraction of sp³-hybridized carbons (Fsp3) is 0.235. The SMILES string of the molecule is COC(=O)C(Br)Cc1cc(Oc2c(Cl)cc(C(F)(F)F)cc2Cl)c(Cl)cc1Cl. The number of carbonyl (C=O) groups excluding carboxylic acids is 1. The lowest BCUT2D eigenvalue weighted by Gasteiger charge is -2.16. The van der Waals surface area contributed by atoms with Crippen molar-refractivity contribution in [1.29, 1.82) is 0 Å². The van der Waals surface area contributed by atoms with Crippen molar-refractivity contribution >= 4 is 68.3 Å². The van der Waals surface area contributed by atoms with Crippen LogP contribution in [0, 0.1) is 0 Å². The van der Waals surface area contributed by atoms with Gasteiger partial charge in [0.25, 0.3) is 0 Å². The molecule has 0 N–H and O–H groups in total. The molecule has 0 aliphatic heterocycles. The quantitative estimate of drug-likeness (QED) is 0.289. The Bertz CT molecular complexity index is 883. The van der Waals surface area contributed by atoms with Crippen LogP contribution in [-0.4, -0.2) is 17.9 Å². The van der Waals surface area contributed by atoms with Crippen LogP contribution in [0.15, 0.2) is 24.3 Å². The Balaban J connectivity index is 2.39. The number of halogens is 8. The molecule has 0 saturated heterocycles. The van der Waals surface area contributed by atoms with Crippen LogP contribution in [-0.2, 0) is 22.1 Å². The molecule has 2 rings (SSSR count). The molecule has 28 heavy (non-hydrogen) atoms. The van der Waals surface area contributed by atoms with Crippen molar-refractivity contribution in [1.82, 2.24) is 0 Å². The Kier molecular flexibility index (Phi) is 7.78. The summed E-state index contributed by atoms with van der Waals surface area (Å²) in [6.45, 7) is 0. The van der Waals surface area contributed by atoms with Crippen LogP contribution in [0.3, 0.4) is 0 Å². The van der Waals surface area contributed by atoms with Crippen molar-refractivity contribution in [2.45, 2.75) is 17.4 Å². The molecule has 0 aromatic heterocycles. The third kappa shape index (κ3) is 5.60. The Morgan fingerprint density at radius 2 is 1.61 bits per heavy atom. The highest BCUT2D eigenvalue weighted by Crippen LogP contribution is 2.43. The number of hydrogen-bond donors (Lipinski definition) is 0. The molecule has 0 bridgehead atoms. The second kappa shape index (κ2) is 9.30. The average Bonchev–Trinajstić information content (AvgIpc) is 2.59. The lowest BCUT2D eigenvalue weighted by atomic mass is 10.1. The molecule has 11 heteroatoms. The molecule has 0 aliphatic carbocycles. The number of rotatable bonds is 5. The summed E-state index contributed by atoms with van der Waals surface area (Å²) in [4.78, 5) is 10.9. The Labute approximate surface area is 186 Å². The smallest absolute Gasteiger partial charge is 0.416 e. The van der Waals surface area contributed by atoms with E-state index in [-0.39, 0.29) is 38.0 Å². The summed E-state index contributed by atoms with van der Waals surface area (Å²) in [6.07, 6.45) is -4.47. The topological polar surface area (TPSA) is 35.5 Å². The van der Waals surface area contributed by atoms with E-state index in [0.717, 1.165) is 0 Å². The summed E-state index contributed by atoms with van der Waals surface area (Å²) in [7, 11) is 1.24. The number of hydrogen-bond acceptors (Lipinski definition) is 3. The number of alkyl halides is 4. The van der Waals surface area contributed by atoms with Gasteiger partial charge in [-0.3, -0.25) is 4.79 Å². The lowest BCUT2D eigenvalue weighted by Crippen LogP contribution is -2.18. The van der Waals surface area contributed by atoms with E-state index in [1.807, 2.05) is 0 Å². The highest BCUT2D eigenvalue weighted by molar-refractivity contribution is 9.10. The second-order valence-corrected chi connectivity index (χ2v) is 8.17. The van der Waals surface area contributed by atoms with E-state index in [1.54, 1.807) is 0 Å². The molecule has 0 spiro atoms. The molecular weight excluding hydrogens is 531 g/mol. The van der Waals surface area contributed by atoms with Crippen LogP contribution in [0.2, 0.25) is 20.1 Å². The summed E-state index contributed by atoms with van der Waals surface area (Å²) in [6, 6.07) is 4.20. The van der Waals surface area contributed by atoms with E-state index in [1.165, 1.54) is 19.2 Å². The standard InChI is InChI=1S/C17H10BrCl4F3O3/c1-27-16(26)9(18)2-7-3-14(11(20)6-10(7)19)28-15-12(21)4-8(5-13(15)22)17(23,24)25/h3-6,9H,2H2,1H3. The van der Waals surface area contributed by atoms with Crippen molar-refractivity contribution in [2.24, 2.45) is 0 Å². The first kappa shape index (κ1) is 23.4. The predicted molar refractivity (Wildman–Crippen MR) is 106 cm³/mol. The molecule has 3 nitrogen and oxygen atoms in total. The molecule has 0 fully saturated rings. The Morgan fingerprint density at radius 3 is 2.11 bits per heavy atom. The Morgan fingerprint density at radius 1 is 1.04 bits per heavy atom. The van der Waals surface area contributed by atoms with E-state index in [2.05, 4.69) is 20.7 Å². The van der Waals surface area contributed by atoms with Gasteiger partial charge in [0, 0.05) is 5.02 Å². The minimum absolute atomic E-state index is 0.0502. The van der Waals surface area contributed by atoms with Gasteiger partial charge in [0.2, 0.25) is 0 Å². The lowest BCUT2D eigenvalue weighted by molar-refractivity contribution is -0.140. The van der Waals surface area contributed by atoms with Crippen LogP contribution in [0.5, 0.6) is 11.5 Å². The first-order valence-electron chi connectivity index (χ1n) is 7.38. The molecule has 152 valence electrons. The molecule has 1 unspecified atom stereocenters. The van der Waals surface area contributed by atoms with Crippen molar-refractivity contribution in [3.63, 3.8) is 0 Å². The highest BCUT2D eigenvalue weighted by Gasteiger charge is 2.32. The first-order chi connectivity index (χ1) is 12.9. The van der Waals surface area contributed by atoms with Gasteiger partial charge in [-0.15, -0.1) is 0 Å². The van der Waals surface area contributed by atoms with Gasteiger partial charge in [0.1, 0.15) is 10.6 Å². The normalized spacial score (nSPS) is 12.6. The minimum atomic E-state index is -4.62. The van der Waals surface area contributed by atoms with Crippen molar-refractivity contribution < 1.29 is 27.4 Å². The van der Waals surface area contributed by atoms with Crippen LogP contribution in [0.1, 0.15) is 11.1 Å². The number of ether oxygens (including phenoxy) is 2. The monoisotopic (exact) mass is 538 g/mol. The van der Waals surface area contributed by atoms with Crippen LogP contribution in [0.25, 0.3) is 0 Å². The van der Waals surface area contributed by atoms with Crippen LogP contribution in [0.4, 0.5) is 13.2 Å². The van der Waals surface area contributed by atoms with Crippen LogP contribution < -0.4 is 4.74 Å². The fourth-order valence-corrected chi connectivity index (χ4v) is 3.74. The van der Waals surface area contributed by atoms with Crippen LogP contribution >= 0.6 is 62.3 Å². The van der Waals surface area contributed by atoms with Crippen molar-refractivity contribution in [2.75, 3.05) is 7.11 Å². The zero-order valence-electron chi connectivity index (χ0n) is 13.8. The number of benzene rings is 2. The van der Waals surface area contributed by atoms with Gasteiger partial charge in [-0.25, -0.2) is 0 Å². The number of carbonyl (C=O) groups is 1. The zero-order valence-corrected chi connectivity index (χ0v) is 18.5. The largest absolute Gasteiger partial charge is 0.468 e. The molecular formula is C17H10BrCl4F3O3. The summed E-state index contributed by atoms with van der Waals surface area (Å²) in [5.74, 6) is -0.661. The van der Waals surface area contributed by atoms with E-state index in [9.17, 15) is 18.0 Å². The van der Waals surface area contributed by atoms with Crippen molar-refractivity contribution in [3.8, 4) is 11.5 Å². The maximum Gasteiger partial charge on any atom is 0.416 e. The van der Waals surface area contributed by atoms with Gasteiger partial charge in [-0.1, -0.05) is 62.3 Å². The molecule has 0 amide bonds. The maximum atomic E-state index is 12.8. The third-order valence-corrected chi connectivity index (χ3v) is 5.40. The van der Waals surface area contributed by atoms with E-state index < -0.39 is 22.5 Å². The van der Waals surface area contributed by atoms with Gasteiger partial charge in [0.05, 0.1) is 27.7 Å². The Hall–Kier alpha value is -0.860. The zero-order chi connectivity index (χ0) is 21.2. The molecule has 2 aromatic rings. The van der Waals surface area contributed by atoms with Gasteiger partial charge in [0.15, 0.2) is 5.75 Å². The average molecular weight is 541 g/mol. The molecule has 2 aromatic carbocycles. The van der Waals surface area contributed by atoms with E-state index in [0.29, 0.717) is 17.7 Å². The maximum absolute atomic E-state index is 12.8. The fourth-order valence-electron chi connectivity index (χ4n) is 2.14. The highest BCUT2D eigenvalue weighted by atomic mass is 79.9. The number of esters is 1. The molecule has 1 atom stereocenters. The molecule has 0 heterocycles. The van der Waals surface area contributed by atoms with Gasteiger partial charge in [-0.2, -0.15) is 13.2 Å². The minimum Gasteiger partial charge on any atom is -0.468 e. The number of methoxy groups -OCH3 is 1. The molecule has 0 radical (unpaired) electrons. The predicted octanol–water partition coefficient (Wildman–Crippen LogP) is 7.59. The second-order valence-electron chi connectivity index (χ2n) is 5.44. The summed E-state index contributed by atoms with van der Waals surface area (Å²) in [5.41, 5.74) is -0.537. The molecule has 0 saturated carbocycles. The van der Waals surface area contributed by atoms with Gasteiger partial charge >= 0.3 is 12.1 Å². The van der Waals surface area contributed by atoms with Gasteiger partial charge < -0.3 is 9.47 Å². The third-order valence-electron chi connectivity index (χ3n) is 3.49. The van der Waals surface area contributed by atoms with Gasteiger partial charge in [-0.05, 0) is 36.2 Å². The summed E-state index contributed by atoms with van der Waals surface area (Å²) in [5, 5.41) is -0.360.